The molecule has 1 aliphatic carbocycles. The van der Waals surface area contributed by atoms with Crippen molar-refractivity contribution in [2.24, 2.45) is 5.92 Å². The maximum Gasteiger partial charge on any atom is 0.321 e. The number of fused-ring (bicyclic) bond motifs is 3. The summed E-state index contributed by atoms with van der Waals surface area (Å²) in [5.74, 6) is 0.481. The summed E-state index contributed by atoms with van der Waals surface area (Å²) in [6.07, 6.45) is 3.22. The Morgan fingerprint density at radius 3 is 2.72 bits per heavy atom. The van der Waals surface area contributed by atoms with Crippen LogP contribution in [0, 0.1) is 5.92 Å². The molecule has 1 saturated carbocycles. The summed E-state index contributed by atoms with van der Waals surface area (Å²) in [6.45, 7) is 7.53. The molecule has 36 heavy (non-hydrogen) atoms. The van der Waals surface area contributed by atoms with Gasteiger partial charge in [0.1, 0.15) is 5.69 Å². The zero-order chi connectivity index (χ0) is 25.2. The van der Waals surface area contributed by atoms with Crippen LogP contribution in [0.2, 0.25) is 0 Å². The molecule has 4 atom stereocenters. The predicted molar refractivity (Wildman–Crippen MR) is 129 cm³/mol. The van der Waals surface area contributed by atoms with E-state index < -0.39 is 11.4 Å². The number of carbonyl (C=O) groups is 2. The molecule has 2 N–H and O–H groups in total. The van der Waals surface area contributed by atoms with Crippen molar-refractivity contribution in [2.45, 2.75) is 57.3 Å². The van der Waals surface area contributed by atoms with E-state index in [9.17, 15) is 9.59 Å². The van der Waals surface area contributed by atoms with Gasteiger partial charge in [0.05, 0.1) is 32.0 Å². The molecular weight excluding hydrogens is 464 g/mol. The number of methoxy groups -OCH3 is 2. The van der Waals surface area contributed by atoms with Crippen LogP contribution in [-0.4, -0.2) is 92.7 Å². The van der Waals surface area contributed by atoms with Gasteiger partial charge in [0.25, 0.3) is 5.91 Å². The van der Waals surface area contributed by atoms with E-state index in [1.54, 1.807) is 0 Å². The molecule has 2 unspecified atom stereocenters. The molecule has 3 aliphatic heterocycles. The molecule has 12 heteroatoms. The van der Waals surface area contributed by atoms with Crippen LogP contribution in [0.3, 0.4) is 0 Å². The Kier molecular flexibility index (Phi) is 5.32. The Morgan fingerprint density at radius 1 is 1.19 bits per heavy atom. The summed E-state index contributed by atoms with van der Waals surface area (Å²) in [7, 11) is 2.88. The number of hydrogen-bond donors (Lipinski definition) is 2. The van der Waals surface area contributed by atoms with Crippen LogP contribution in [0.4, 0.5) is 10.6 Å². The molecule has 12 nitrogen and oxygen atoms in total. The fraction of sp³-hybridized carbons (Fsp3) is 0.625. The molecule has 5 heterocycles. The maximum absolute atomic E-state index is 13.9. The number of amides is 3. The highest BCUT2D eigenvalue weighted by atomic mass is 16.5. The predicted octanol–water partition coefficient (Wildman–Crippen LogP) is 1.81. The van der Waals surface area contributed by atoms with Gasteiger partial charge in [0.2, 0.25) is 5.88 Å². The Labute approximate surface area is 209 Å². The third-order valence-electron chi connectivity index (χ3n) is 8.32. The van der Waals surface area contributed by atoms with E-state index in [-0.39, 0.29) is 29.7 Å². The zero-order valence-electron chi connectivity index (χ0n) is 21.1. The summed E-state index contributed by atoms with van der Waals surface area (Å²) < 4.78 is 10.2. The van der Waals surface area contributed by atoms with E-state index in [2.05, 4.69) is 49.1 Å². The van der Waals surface area contributed by atoms with Gasteiger partial charge in [-0.15, -0.1) is 0 Å². The van der Waals surface area contributed by atoms with Gasteiger partial charge in [-0.25, -0.2) is 4.79 Å². The van der Waals surface area contributed by atoms with Gasteiger partial charge in [-0.1, -0.05) is 6.92 Å². The molecule has 2 saturated heterocycles. The van der Waals surface area contributed by atoms with Crippen molar-refractivity contribution in [2.75, 3.05) is 39.2 Å². The number of carbonyl (C=O) groups excluding carboxylic acids is 2. The topological polar surface area (TPSA) is 129 Å². The highest BCUT2D eigenvalue weighted by molar-refractivity contribution is 6.03. The number of urea groups is 1. The second-order valence-electron chi connectivity index (χ2n) is 10.4. The number of aromatic amines is 1. The van der Waals surface area contributed by atoms with Gasteiger partial charge in [0.15, 0.2) is 5.82 Å². The fourth-order valence-corrected chi connectivity index (χ4v) is 6.28. The van der Waals surface area contributed by atoms with Crippen LogP contribution in [0.25, 0.3) is 0 Å². The van der Waals surface area contributed by atoms with E-state index in [4.69, 9.17) is 9.47 Å². The number of anilines is 1. The number of nitrogens with zero attached hydrogens (tertiary/aromatic N) is 6. The Morgan fingerprint density at radius 2 is 2.00 bits per heavy atom. The van der Waals surface area contributed by atoms with Crippen molar-refractivity contribution < 1.29 is 19.1 Å². The van der Waals surface area contributed by atoms with Crippen LogP contribution in [-0.2, 0) is 12.1 Å². The Hall–Kier alpha value is -3.41. The number of hydrogen-bond acceptors (Lipinski definition) is 8. The first-order chi connectivity index (χ1) is 17.3. The van der Waals surface area contributed by atoms with Crippen LogP contribution in [0.1, 0.15) is 54.9 Å². The Balaban J connectivity index is 1.24. The lowest BCUT2D eigenvalue weighted by molar-refractivity contribution is 0.0525. The average Bonchev–Trinajstić information content (AvgIpc) is 3.21. The van der Waals surface area contributed by atoms with Crippen LogP contribution in [0.5, 0.6) is 11.9 Å². The minimum Gasteiger partial charge on any atom is -0.481 e. The van der Waals surface area contributed by atoms with E-state index in [0.29, 0.717) is 24.3 Å². The maximum atomic E-state index is 13.9. The molecule has 0 bridgehead atoms. The monoisotopic (exact) mass is 496 g/mol. The van der Waals surface area contributed by atoms with E-state index in [0.717, 1.165) is 43.7 Å². The quantitative estimate of drug-likeness (QED) is 0.656. The van der Waals surface area contributed by atoms with Crippen molar-refractivity contribution in [3.63, 3.8) is 0 Å². The second-order valence-corrected chi connectivity index (χ2v) is 10.4. The lowest BCUT2D eigenvalue weighted by atomic mass is 10.1. The van der Waals surface area contributed by atoms with Gasteiger partial charge in [-0.3, -0.25) is 14.8 Å². The molecule has 2 aromatic heterocycles. The lowest BCUT2D eigenvalue weighted by Crippen LogP contribution is -2.60. The van der Waals surface area contributed by atoms with Gasteiger partial charge in [-0.05, 0) is 38.6 Å². The number of rotatable bonds is 4. The SMILES string of the molecule is COc1cc(C(=O)Nc2n[nH]c3c2CN(C(=O)N2C[C@@H]4CCCN4C[C@@H]2C)C32CC2C)nc(OC)n1. The van der Waals surface area contributed by atoms with Gasteiger partial charge >= 0.3 is 12.0 Å². The molecule has 0 radical (unpaired) electrons. The van der Waals surface area contributed by atoms with Crippen molar-refractivity contribution in [1.82, 2.24) is 34.9 Å². The molecule has 1 spiro atoms. The van der Waals surface area contributed by atoms with Crippen molar-refractivity contribution >= 4 is 17.8 Å². The number of aromatic nitrogens is 4. The van der Waals surface area contributed by atoms with Crippen molar-refractivity contribution in [3.05, 3.63) is 23.0 Å². The number of piperazine rings is 1. The largest absolute Gasteiger partial charge is 0.481 e. The number of nitrogens with one attached hydrogen (secondary N) is 2. The summed E-state index contributed by atoms with van der Waals surface area (Å²) in [5, 5.41) is 10.4. The molecule has 4 aliphatic rings. The fourth-order valence-electron chi connectivity index (χ4n) is 6.28. The standard InChI is InChI=1S/C24H32N8O4/c1-13-9-24(13)19-16(12-32(24)23(34)31-11-15-6-5-7-30(15)10-14(31)2)20(29-28-19)27-21(33)17-8-18(35-3)26-22(25-17)36-4/h8,13-15H,5-7,9-12H2,1-4H3,(H2,27,28,29,33)/t13?,14-,15-,24?/m0/s1. The minimum atomic E-state index is -0.461. The van der Waals surface area contributed by atoms with Gasteiger partial charge < -0.3 is 24.6 Å². The summed E-state index contributed by atoms with van der Waals surface area (Å²) in [5.41, 5.74) is 1.47. The average molecular weight is 497 g/mol. The second kappa shape index (κ2) is 8.32. The lowest BCUT2D eigenvalue weighted by Gasteiger charge is -2.44. The smallest absolute Gasteiger partial charge is 0.321 e. The summed E-state index contributed by atoms with van der Waals surface area (Å²) in [6, 6.07) is 2.17. The summed E-state index contributed by atoms with van der Waals surface area (Å²) >= 11 is 0. The number of H-pyrrole nitrogens is 1. The Bertz CT molecular complexity index is 1190. The highest BCUT2D eigenvalue weighted by Gasteiger charge is 2.65. The first-order valence-electron chi connectivity index (χ1n) is 12.5. The van der Waals surface area contributed by atoms with Crippen molar-refractivity contribution in [1.29, 1.82) is 0 Å². The van der Waals surface area contributed by atoms with E-state index >= 15 is 0 Å². The van der Waals surface area contributed by atoms with Crippen LogP contribution in [0.15, 0.2) is 6.07 Å². The molecule has 6 rings (SSSR count). The highest BCUT2D eigenvalue weighted by Crippen LogP contribution is 2.61. The normalized spacial score (nSPS) is 28.7. The van der Waals surface area contributed by atoms with Crippen molar-refractivity contribution in [3.8, 4) is 11.9 Å². The first-order valence-corrected chi connectivity index (χ1v) is 12.5. The van der Waals surface area contributed by atoms with E-state index in [1.165, 1.54) is 26.7 Å². The third-order valence-corrected chi connectivity index (χ3v) is 8.32. The van der Waals surface area contributed by atoms with Crippen LogP contribution >= 0.6 is 0 Å². The molecule has 192 valence electrons. The van der Waals surface area contributed by atoms with Crippen LogP contribution < -0.4 is 14.8 Å². The van der Waals surface area contributed by atoms with Gasteiger partial charge in [-0.2, -0.15) is 15.1 Å². The third kappa shape index (κ3) is 3.41. The first kappa shape index (κ1) is 23.0. The molecule has 3 fully saturated rings. The zero-order valence-corrected chi connectivity index (χ0v) is 21.1. The molecular formula is C24H32N8O4. The number of ether oxygens (including phenoxy) is 2. The summed E-state index contributed by atoms with van der Waals surface area (Å²) in [4.78, 5) is 41.7. The molecule has 3 amide bonds. The van der Waals surface area contributed by atoms with Gasteiger partial charge in [0, 0.05) is 36.8 Å². The molecule has 0 aromatic carbocycles. The van der Waals surface area contributed by atoms with E-state index in [1.807, 2.05) is 4.90 Å². The molecule has 2 aromatic rings. The minimum absolute atomic E-state index is 0.0331.